The van der Waals surface area contributed by atoms with Crippen LogP contribution in [0.15, 0.2) is 78.9 Å². The van der Waals surface area contributed by atoms with Gasteiger partial charge in [-0.1, -0.05) is 60.7 Å². The topological polar surface area (TPSA) is 43.2 Å². The highest BCUT2D eigenvalue weighted by molar-refractivity contribution is 5.77. The van der Waals surface area contributed by atoms with Gasteiger partial charge in [0.1, 0.15) is 18.0 Å². The highest BCUT2D eigenvalue weighted by Gasteiger charge is 2.20. The highest BCUT2D eigenvalue weighted by atomic mass is 16.5. The molecule has 0 aliphatic heterocycles. The zero-order valence-corrected chi connectivity index (χ0v) is 18.5. The van der Waals surface area contributed by atoms with Crippen molar-refractivity contribution in [3.05, 3.63) is 95.6 Å². The first kappa shape index (κ1) is 22.4. The summed E-state index contributed by atoms with van der Waals surface area (Å²) in [7, 11) is 5.32. The summed E-state index contributed by atoms with van der Waals surface area (Å²) in [6.45, 7) is 2.26. The van der Waals surface area contributed by atoms with E-state index in [2.05, 4.69) is 24.3 Å². The molecule has 0 saturated heterocycles. The second-order valence-electron chi connectivity index (χ2n) is 7.71. The number of hydrogen-bond donors (Lipinski definition) is 1. The molecule has 3 rings (SSSR count). The smallest absolute Gasteiger partial charge is 0.278 e. The Morgan fingerprint density at radius 2 is 1.42 bits per heavy atom. The predicted molar refractivity (Wildman–Crippen MR) is 122 cm³/mol. The lowest BCUT2D eigenvalue weighted by molar-refractivity contribution is -0.885. The SMILES string of the molecule is COc1ccc(C[NH+](C)CC(=O)N(Cc2ccccc2)Cc2ccccc2)c(OC)c1. The van der Waals surface area contributed by atoms with Gasteiger partial charge in [0.15, 0.2) is 6.54 Å². The van der Waals surface area contributed by atoms with Crippen LogP contribution in [0.2, 0.25) is 0 Å². The van der Waals surface area contributed by atoms with Gasteiger partial charge in [-0.05, 0) is 23.3 Å². The average Bonchev–Trinajstić information content (AvgIpc) is 2.80. The molecule has 31 heavy (non-hydrogen) atoms. The minimum absolute atomic E-state index is 0.123. The maximum atomic E-state index is 13.3. The third kappa shape index (κ3) is 6.59. The molecule has 5 heteroatoms. The van der Waals surface area contributed by atoms with Crippen LogP contribution in [-0.4, -0.2) is 38.6 Å². The van der Waals surface area contributed by atoms with Gasteiger partial charge in [-0.3, -0.25) is 4.79 Å². The second-order valence-corrected chi connectivity index (χ2v) is 7.71. The summed E-state index contributed by atoms with van der Waals surface area (Å²) in [5.74, 6) is 1.65. The minimum Gasteiger partial charge on any atom is -0.497 e. The molecule has 0 radical (unpaired) electrons. The van der Waals surface area contributed by atoms with E-state index in [9.17, 15) is 4.79 Å². The van der Waals surface area contributed by atoms with E-state index in [0.717, 1.165) is 33.1 Å². The van der Waals surface area contributed by atoms with E-state index in [4.69, 9.17) is 9.47 Å². The Bertz CT molecular complexity index is 919. The fourth-order valence-electron chi connectivity index (χ4n) is 3.60. The first-order valence-electron chi connectivity index (χ1n) is 10.5. The summed E-state index contributed by atoms with van der Waals surface area (Å²) in [6.07, 6.45) is 0. The largest absolute Gasteiger partial charge is 0.497 e. The van der Waals surface area contributed by atoms with Gasteiger partial charge in [-0.15, -0.1) is 0 Å². The maximum Gasteiger partial charge on any atom is 0.278 e. The van der Waals surface area contributed by atoms with E-state index < -0.39 is 0 Å². The van der Waals surface area contributed by atoms with Gasteiger partial charge >= 0.3 is 0 Å². The van der Waals surface area contributed by atoms with Crippen LogP contribution in [-0.2, 0) is 24.4 Å². The molecule has 0 bridgehead atoms. The van der Waals surface area contributed by atoms with Gasteiger partial charge < -0.3 is 19.3 Å². The standard InChI is InChI=1S/C26H30N2O3/c1-27(19-23-14-15-24(30-2)16-25(23)31-3)20-26(29)28(17-21-10-6-4-7-11-21)18-22-12-8-5-9-13-22/h4-16H,17-20H2,1-3H3/p+1. The van der Waals surface area contributed by atoms with Crippen molar-refractivity contribution in [1.82, 2.24) is 4.90 Å². The van der Waals surface area contributed by atoms with Crippen LogP contribution < -0.4 is 14.4 Å². The van der Waals surface area contributed by atoms with Crippen molar-refractivity contribution in [2.45, 2.75) is 19.6 Å². The van der Waals surface area contributed by atoms with Crippen molar-refractivity contribution < 1.29 is 19.2 Å². The molecule has 0 aliphatic rings. The number of benzene rings is 3. The number of hydrogen-bond acceptors (Lipinski definition) is 3. The third-order valence-electron chi connectivity index (χ3n) is 5.22. The molecule has 0 aromatic heterocycles. The fourth-order valence-corrected chi connectivity index (χ4v) is 3.60. The summed E-state index contributed by atoms with van der Waals surface area (Å²) >= 11 is 0. The Balaban J connectivity index is 1.70. The van der Waals surface area contributed by atoms with Crippen LogP contribution in [0.4, 0.5) is 0 Å². The molecule has 3 aromatic rings. The summed E-state index contributed by atoms with van der Waals surface area (Å²) in [6, 6.07) is 26.1. The van der Waals surface area contributed by atoms with E-state index in [1.165, 1.54) is 0 Å². The molecule has 1 amide bonds. The molecule has 1 N–H and O–H groups in total. The Morgan fingerprint density at radius 3 is 1.94 bits per heavy atom. The molecule has 3 aromatic carbocycles. The normalized spacial score (nSPS) is 11.6. The van der Waals surface area contributed by atoms with Crippen LogP contribution in [0.5, 0.6) is 11.5 Å². The lowest BCUT2D eigenvalue weighted by Crippen LogP contribution is -3.08. The first-order valence-corrected chi connectivity index (χ1v) is 10.5. The number of nitrogens with zero attached hydrogens (tertiary/aromatic N) is 1. The van der Waals surface area contributed by atoms with Gasteiger partial charge in [0.05, 0.1) is 21.3 Å². The summed E-state index contributed by atoms with van der Waals surface area (Å²) in [4.78, 5) is 16.3. The average molecular weight is 420 g/mol. The second kappa shape index (κ2) is 11.2. The van der Waals surface area contributed by atoms with Crippen LogP contribution in [0.25, 0.3) is 0 Å². The molecule has 162 valence electrons. The number of carbonyl (C=O) groups is 1. The van der Waals surface area contributed by atoms with E-state index in [-0.39, 0.29) is 5.91 Å². The Hall–Kier alpha value is -3.31. The first-order chi connectivity index (χ1) is 15.1. The lowest BCUT2D eigenvalue weighted by Gasteiger charge is -2.25. The zero-order valence-electron chi connectivity index (χ0n) is 18.5. The summed E-state index contributed by atoms with van der Waals surface area (Å²) < 4.78 is 10.8. The quantitative estimate of drug-likeness (QED) is 0.550. The van der Waals surface area contributed by atoms with Gasteiger partial charge in [0.25, 0.3) is 5.91 Å². The van der Waals surface area contributed by atoms with Crippen LogP contribution >= 0.6 is 0 Å². The van der Waals surface area contributed by atoms with Crippen molar-refractivity contribution in [3.63, 3.8) is 0 Å². The number of carbonyl (C=O) groups excluding carboxylic acids is 1. The zero-order chi connectivity index (χ0) is 22.1. The number of rotatable bonds is 10. The Kier molecular flexibility index (Phi) is 8.07. The summed E-state index contributed by atoms with van der Waals surface area (Å²) in [5, 5.41) is 0. The van der Waals surface area contributed by atoms with Crippen molar-refractivity contribution in [2.75, 3.05) is 27.8 Å². The molecular weight excluding hydrogens is 388 g/mol. The minimum atomic E-state index is 0.123. The predicted octanol–water partition coefficient (Wildman–Crippen LogP) is 2.95. The van der Waals surface area contributed by atoms with Crippen molar-refractivity contribution in [2.24, 2.45) is 0 Å². The molecular formula is C26H31N2O3+. The fraction of sp³-hybridized carbons (Fsp3) is 0.269. The van der Waals surface area contributed by atoms with Crippen LogP contribution in [0, 0.1) is 0 Å². The number of ether oxygens (including phenoxy) is 2. The van der Waals surface area contributed by atoms with Crippen molar-refractivity contribution >= 4 is 5.91 Å². The Morgan fingerprint density at radius 1 is 0.839 bits per heavy atom. The molecule has 0 fully saturated rings. The molecule has 0 saturated carbocycles. The van der Waals surface area contributed by atoms with E-state index in [1.54, 1.807) is 14.2 Å². The highest BCUT2D eigenvalue weighted by Crippen LogP contribution is 2.23. The summed E-state index contributed by atoms with van der Waals surface area (Å²) in [5.41, 5.74) is 3.30. The van der Waals surface area contributed by atoms with Gasteiger partial charge in [0, 0.05) is 24.7 Å². The number of likely N-dealkylation sites (N-methyl/N-ethyl adjacent to an activating group) is 1. The van der Waals surface area contributed by atoms with Crippen molar-refractivity contribution in [1.29, 1.82) is 0 Å². The van der Waals surface area contributed by atoms with Gasteiger partial charge in [0.2, 0.25) is 0 Å². The molecule has 1 unspecified atom stereocenters. The molecule has 0 spiro atoms. The Labute approximate surface area is 184 Å². The number of amides is 1. The van der Waals surface area contributed by atoms with E-state index in [0.29, 0.717) is 26.2 Å². The monoisotopic (exact) mass is 419 g/mol. The van der Waals surface area contributed by atoms with Crippen LogP contribution in [0.1, 0.15) is 16.7 Å². The molecule has 1 atom stereocenters. The van der Waals surface area contributed by atoms with E-state index in [1.807, 2.05) is 66.5 Å². The number of quaternary nitrogens is 1. The molecule has 0 aliphatic carbocycles. The molecule has 0 heterocycles. The number of methoxy groups -OCH3 is 2. The molecule has 5 nitrogen and oxygen atoms in total. The van der Waals surface area contributed by atoms with Gasteiger partial charge in [-0.25, -0.2) is 0 Å². The van der Waals surface area contributed by atoms with Crippen LogP contribution in [0.3, 0.4) is 0 Å². The van der Waals surface area contributed by atoms with Crippen molar-refractivity contribution in [3.8, 4) is 11.5 Å². The van der Waals surface area contributed by atoms with Gasteiger partial charge in [-0.2, -0.15) is 0 Å². The number of nitrogens with one attached hydrogen (secondary N) is 1. The maximum absolute atomic E-state index is 13.3. The lowest BCUT2D eigenvalue weighted by atomic mass is 10.1. The van der Waals surface area contributed by atoms with E-state index >= 15 is 0 Å². The third-order valence-corrected chi connectivity index (χ3v) is 5.22.